The van der Waals surface area contributed by atoms with Gasteiger partial charge >= 0.3 is 0 Å². The highest BCUT2D eigenvalue weighted by atomic mass is 16.5. The van der Waals surface area contributed by atoms with E-state index in [-0.39, 0.29) is 11.9 Å². The minimum atomic E-state index is 0.0409. The molecule has 0 N–H and O–H groups in total. The molecular formula is C19H23NO4. The summed E-state index contributed by atoms with van der Waals surface area (Å²) < 4.78 is 16.1. The number of likely N-dealkylation sites (tertiary alicyclic amines) is 1. The van der Waals surface area contributed by atoms with Gasteiger partial charge in [0.1, 0.15) is 17.3 Å². The zero-order valence-electron chi connectivity index (χ0n) is 14.2. The molecule has 0 aliphatic carbocycles. The van der Waals surface area contributed by atoms with Crippen molar-refractivity contribution in [3.05, 3.63) is 47.9 Å². The molecule has 2 aromatic rings. The van der Waals surface area contributed by atoms with Gasteiger partial charge in [-0.2, -0.15) is 0 Å². The SMILES string of the molecule is COc1ccc(OC)c(C2CCCN2C(=O)CCc2ccco2)c1. The second-order valence-corrected chi connectivity index (χ2v) is 5.93. The standard InChI is InChI=1S/C19H23NO4/c1-22-15-7-9-18(23-2)16(13-15)17-6-3-11-20(17)19(21)10-8-14-5-4-12-24-14/h4-5,7,9,12-13,17H,3,6,8,10-11H2,1-2H3. The topological polar surface area (TPSA) is 51.9 Å². The lowest BCUT2D eigenvalue weighted by Crippen LogP contribution is -2.30. The smallest absolute Gasteiger partial charge is 0.223 e. The fraction of sp³-hybridized carbons (Fsp3) is 0.421. The summed E-state index contributed by atoms with van der Waals surface area (Å²) in [5, 5.41) is 0. The van der Waals surface area contributed by atoms with Crippen molar-refractivity contribution in [3.8, 4) is 11.5 Å². The Morgan fingerprint density at radius 3 is 2.88 bits per heavy atom. The molecule has 24 heavy (non-hydrogen) atoms. The highest BCUT2D eigenvalue weighted by molar-refractivity contribution is 5.77. The lowest BCUT2D eigenvalue weighted by atomic mass is 10.0. The molecule has 2 heterocycles. The van der Waals surface area contributed by atoms with E-state index in [0.29, 0.717) is 12.8 Å². The Balaban J connectivity index is 1.76. The van der Waals surface area contributed by atoms with Crippen LogP contribution in [-0.4, -0.2) is 31.6 Å². The van der Waals surface area contributed by atoms with E-state index in [0.717, 1.165) is 42.2 Å². The van der Waals surface area contributed by atoms with Crippen LogP contribution in [0.3, 0.4) is 0 Å². The van der Waals surface area contributed by atoms with E-state index < -0.39 is 0 Å². The van der Waals surface area contributed by atoms with Gasteiger partial charge in [-0.1, -0.05) is 0 Å². The number of hydrogen-bond donors (Lipinski definition) is 0. The highest BCUT2D eigenvalue weighted by Gasteiger charge is 2.31. The number of carbonyl (C=O) groups is 1. The Morgan fingerprint density at radius 2 is 2.17 bits per heavy atom. The maximum Gasteiger partial charge on any atom is 0.223 e. The van der Waals surface area contributed by atoms with E-state index in [9.17, 15) is 4.79 Å². The van der Waals surface area contributed by atoms with Crippen molar-refractivity contribution in [3.63, 3.8) is 0 Å². The lowest BCUT2D eigenvalue weighted by Gasteiger charge is -2.26. The van der Waals surface area contributed by atoms with Gasteiger partial charge in [-0.15, -0.1) is 0 Å². The van der Waals surface area contributed by atoms with Crippen molar-refractivity contribution in [2.24, 2.45) is 0 Å². The summed E-state index contributed by atoms with van der Waals surface area (Å²) in [6.45, 7) is 0.780. The monoisotopic (exact) mass is 329 g/mol. The van der Waals surface area contributed by atoms with E-state index >= 15 is 0 Å². The summed E-state index contributed by atoms with van der Waals surface area (Å²) >= 11 is 0. The quantitative estimate of drug-likeness (QED) is 0.812. The molecule has 1 unspecified atom stereocenters. The predicted octanol–water partition coefficient (Wildman–Crippen LogP) is 3.59. The highest BCUT2D eigenvalue weighted by Crippen LogP contribution is 2.39. The minimum absolute atomic E-state index is 0.0409. The third kappa shape index (κ3) is 3.40. The van der Waals surface area contributed by atoms with E-state index in [4.69, 9.17) is 13.9 Å². The van der Waals surface area contributed by atoms with E-state index in [2.05, 4.69) is 0 Å². The van der Waals surface area contributed by atoms with Gasteiger partial charge in [0.2, 0.25) is 5.91 Å². The Hall–Kier alpha value is -2.43. The number of carbonyl (C=O) groups excluding carboxylic acids is 1. The third-order valence-electron chi connectivity index (χ3n) is 4.53. The number of amides is 1. The first-order valence-corrected chi connectivity index (χ1v) is 8.26. The van der Waals surface area contributed by atoms with Crippen LogP contribution < -0.4 is 9.47 Å². The number of rotatable bonds is 6. The van der Waals surface area contributed by atoms with Crippen molar-refractivity contribution >= 4 is 5.91 Å². The van der Waals surface area contributed by atoms with Crippen LogP contribution in [0, 0.1) is 0 Å². The molecule has 0 radical (unpaired) electrons. The van der Waals surface area contributed by atoms with E-state index in [1.54, 1.807) is 20.5 Å². The average Bonchev–Trinajstić information content (AvgIpc) is 3.30. The number of hydrogen-bond acceptors (Lipinski definition) is 4. The Kier molecular flexibility index (Phi) is 5.08. The Bertz CT molecular complexity index is 681. The molecule has 5 heteroatoms. The molecule has 128 valence electrons. The number of methoxy groups -OCH3 is 2. The van der Waals surface area contributed by atoms with E-state index in [1.807, 2.05) is 35.2 Å². The van der Waals surface area contributed by atoms with Gasteiger partial charge in [0.25, 0.3) is 0 Å². The molecule has 1 amide bonds. The molecule has 1 fully saturated rings. The molecule has 3 rings (SSSR count). The maximum absolute atomic E-state index is 12.7. The van der Waals surface area contributed by atoms with Gasteiger partial charge in [0.05, 0.1) is 26.5 Å². The fourth-order valence-corrected chi connectivity index (χ4v) is 3.32. The molecule has 0 saturated carbocycles. The lowest BCUT2D eigenvalue weighted by molar-refractivity contribution is -0.132. The maximum atomic E-state index is 12.7. The zero-order valence-corrected chi connectivity index (χ0v) is 14.2. The normalized spacial score (nSPS) is 17.1. The van der Waals surface area contributed by atoms with E-state index in [1.165, 1.54) is 0 Å². The first kappa shape index (κ1) is 16.4. The summed E-state index contributed by atoms with van der Waals surface area (Å²) in [6, 6.07) is 9.54. The van der Waals surface area contributed by atoms with Crippen LogP contribution in [0.5, 0.6) is 11.5 Å². The number of aryl methyl sites for hydroxylation is 1. The summed E-state index contributed by atoms with van der Waals surface area (Å²) in [4.78, 5) is 14.6. The van der Waals surface area contributed by atoms with Crippen molar-refractivity contribution in [1.82, 2.24) is 4.90 Å². The number of nitrogens with zero attached hydrogens (tertiary/aromatic N) is 1. The predicted molar refractivity (Wildman–Crippen MR) is 90.3 cm³/mol. The van der Waals surface area contributed by atoms with Crippen molar-refractivity contribution in [2.45, 2.75) is 31.7 Å². The number of furan rings is 1. The van der Waals surface area contributed by atoms with Crippen molar-refractivity contribution < 1.29 is 18.7 Å². The molecule has 1 aliphatic rings. The van der Waals surface area contributed by atoms with Crippen LogP contribution in [0.15, 0.2) is 41.0 Å². The first-order valence-electron chi connectivity index (χ1n) is 8.26. The summed E-state index contributed by atoms with van der Waals surface area (Å²) in [5.41, 5.74) is 1.01. The Morgan fingerprint density at radius 1 is 1.29 bits per heavy atom. The summed E-state index contributed by atoms with van der Waals surface area (Å²) in [5.74, 6) is 2.57. The molecule has 1 aliphatic heterocycles. The number of benzene rings is 1. The third-order valence-corrected chi connectivity index (χ3v) is 4.53. The van der Waals surface area contributed by atoms with Crippen LogP contribution in [0.2, 0.25) is 0 Å². The molecule has 0 spiro atoms. The van der Waals surface area contributed by atoms with Crippen LogP contribution in [0.1, 0.15) is 36.6 Å². The fourth-order valence-electron chi connectivity index (χ4n) is 3.32. The largest absolute Gasteiger partial charge is 0.497 e. The molecule has 5 nitrogen and oxygen atoms in total. The van der Waals surface area contributed by atoms with Crippen LogP contribution in [0.25, 0.3) is 0 Å². The van der Waals surface area contributed by atoms with Crippen molar-refractivity contribution in [1.29, 1.82) is 0 Å². The molecule has 1 atom stereocenters. The van der Waals surface area contributed by atoms with Gasteiger partial charge in [-0.25, -0.2) is 0 Å². The van der Waals surface area contributed by atoms with Gasteiger partial charge in [0.15, 0.2) is 0 Å². The molecule has 0 bridgehead atoms. The molecule has 1 aromatic heterocycles. The molecular weight excluding hydrogens is 306 g/mol. The second kappa shape index (κ2) is 7.43. The summed E-state index contributed by atoms with van der Waals surface area (Å²) in [6.07, 6.45) is 4.66. The second-order valence-electron chi connectivity index (χ2n) is 5.93. The minimum Gasteiger partial charge on any atom is -0.497 e. The Labute approximate surface area is 142 Å². The first-order chi connectivity index (χ1) is 11.7. The van der Waals surface area contributed by atoms with Gasteiger partial charge < -0.3 is 18.8 Å². The van der Waals surface area contributed by atoms with Crippen molar-refractivity contribution in [2.75, 3.05) is 20.8 Å². The molecule has 1 saturated heterocycles. The van der Waals surface area contributed by atoms with Crippen LogP contribution in [0.4, 0.5) is 0 Å². The van der Waals surface area contributed by atoms with Crippen LogP contribution in [-0.2, 0) is 11.2 Å². The number of ether oxygens (including phenoxy) is 2. The van der Waals surface area contributed by atoms with Gasteiger partial charge in [-0.05, 0) is 43.2 Å². The molecule has 1 aromatic carbocycles. The average molecular weight is 329 g/mol. The zero-order chi connectivity index (χ0) is 16.9. The van der Waals surface area contributed by atoms with Crippen LogP contribution >= 0.6 is 0 Å². The van der Waals surface area contributed by atoms with Gasteiger partial charge in [0, 0.05) is 24.9 Å². The van der Waals surface area contributed by atoms with Gasteiger partial charge in [-0.3, -0.25) is 4.79 Å². The summed E-state index contributed by atoms with van der Waals surface area (Å²) in [7, 11) is 3.30.